The van der Waals surface area contributed by atoms with Crippen LogP contribution in [0.5, 0.6) is 0 Å². The van der Waals surface area contributed by atoms with Crippen molar-refractivity contribution >= 4 is 27.4 Å². The maximum absolute atomic E-state index is 11.0. The van der Waals surface area contributed by atoms with Gasteiger partial charge in [-0.15, -0.1) is 0 Å². The lowest BCUT2D eigenvalue weighted by molar-refractivity contribution is 0.101. The van der Waals surface area contributed by atoms with Gasteiger partial charge in [0.05, 0.1) is 0 Å². The van der Waals surface area contributed by atoms with E-state index in [1.165, 1.54) is 6.92 Å². The molecular weight excluding hydrogens is 232 g/mol. The molecule has 0 amide bonds. The van der Waals surface area contributed by atoms with E-state index in [2.05, 4.69) is 20.9 Å². The molecule has 0 spiro atoms. The van der Waals surface area contributed by atoms with E-state index in [4.69, 9.17) is 0 Å². The van der Waals surface area contributed by atoms with Crippen molar-refractivity contribution in [3.05, 3.63) is 34.7 Å². The Bertz CT molecular complexity index is 475. The number of halogens is 1. The van der Waals surface area contributed by atoms with Gasteiger partial charge in [0.15, 0.2) is 5.78 Å². The van der Waals surface area contributed by atoms with E-state index in [9.17, 15) is 4.79 Å². The van der Waals surface area contributed by atoms with Gasteiger partial charge in [0.1, 0.15) is 11.3 Å². The zero-order valence-electron chi connectivity index (χ0n) is 6.99. The molecule has 0 saturated carbocycles. The summed E-state index contributed by atoms with van der Waals surface area (Å²) in [6, 6.07) is 3.75. The van der Waals surface area contributed by atoms with E-state index in [0.29, 0.717) is 5.69 Å². The summed E-state index contributed by atoms with van der Waals surface area (Å²) in [5.41, 5.74) is 1.28. The number of hydrogen-bond donors (Lipinski definition) is 0. The summed E-state index contributed by atoms with van der Waals surface area (Å²) in [4.78, 5) is 15.2. The summed E-state index contributed by atoms with van der Waals surface area (Å²) in [6.45, 7) is 1.51. The van der Waals surface area contributed by atoms with E-state index in [1.807, 2.05) is 22.7 Å². The Balaban J connectivity index is 2.68. The van der Waals surface area contributed by atoms with Crippen LogP contribution >= 0.6 is 15.9 Å². The molecule has 0 aliphatic rings. The van der Waals surface area contributed by atoms with Crippen LogP contribution in [0.4, 0.5) is 0 Å². The minimum absolute atomic E-state index is 0.0141. The van der Waals surface area contributed by atoms with Crippen LogP contribution < -0.4 is 0 Å². The molecule has 3 nitrogen and oxygen atoms in total. The van der Waals surface area contributed by atoms with Gasteiger partial charge >= 0.3 is 0 Å². The van der Waals surface area contributed by atoms with E-state index in [0.717, 1.165) is 10.1 Å². The van der Waals surface area contributed by atoms with Crippen LogP contribution in [0.3, 0.4) is 0 Å². The molecule has 0 fully saturated rings. The van der Waals surface area contributed by atoms with Crippen LogP contribution in [0.2, 0.25) is 0 Å². The van der Waals surface area contributed by atoms with Gasteiger partial charge in [-0.1, -0.05) is 0 Å². The number of rotatable bonds is 1. The van der Waals surface area contributed by atoms with Gasteiger partial charge in [0.2, 0.25) is 0 Å². The second-order valence-electron chi connectivity index (χ2n) is 2.80. The van der Waals surface area contributed by atoms with Crippen molar-refractivity contribution in [2.45, 2.75) is 6.92 Å². The maximum Gasteiger partial charge on any atom is 0.179 e. The minimum atomic E-state index is -0.0141. The fourth-order valence-electron chi connectivity index (χ4n) is 1.13. The number of Topliss-reactive ketones (excluding diaryl/α,β-unsaturated/α-hetero) is 1. The number of carbonyl (C=O) groups excluding carboxylic acids is 1. The molecule has 2 rings (SSSR count). The van der Waals surface area contributed by atoms with Gasteiger partial charge in [-0.25, -0.2) is 4.98 Å². The van der Waals surface area contributed by atoms with Crippen LogP contribution in [-0.4, -0.2) is 15.2 Å². The Morgan fingerprint density at radius 2 is 2.23 bits per heavy atom. The first-order valence-corrected chi connectivity index (χ1v) is 4.61. The molecule has 13 heavy (non-hydrogen) atoms. The third-order valence-electron chi connectivity index (χ3n) is 1.78. The van der Waals surface area contributed by atoms with Crippen molar-refractivity contribution in [2.75, 3.05) is 0 Å². The molecule has 0 unspecified atom stereocenters. The van der Waals surface area contributed by atoms with Crippen molar-refractivity contribution in [1.82, 2.24) is 9.38 Å². The summed E-state index contributed by atoms with van der Waals surface area (Å²) >= 11 is 3.35. The van der Waals surface area contributed by atoms with Gasteiger partial charge in [0, 0.05) is 23.8 Å². The zero-order chi connectivity index (χ0) is 9.42. The number of nitrogens with zero attached hydrogens (tertiary/aromatic N) is 2. The molecule has 0 aliphatic carbocycles. The molecule has 2 heterocycles. The normalized spacial score (nSPS) is 10.6. The Hall–Kier alpha value is -1.16. The summed E-state index contributed by atoms with van der Waals surface area (Å²) in [5, 5.41) is 0. The molecule has 0 saturated heterocycles. The first-order chi connectivity index (χ1) is 6.16. The molecule has 0 radical (unpaired) electrons. The minimum Gasteiger partial charge on any atom is -0.305 e. The van der Waals surface area contributed by atoms with E-state index in [1.54, 1.807) is 6.20 Å². The number of pyridine rings is 1. The summed E-state index contributed by atoms with van der Waals surface area (Å²) in [5.74, 6) is -0.0141. The number of carbonyl (C=O) groups is 1. The molecule has 0 atom stereocenters. The number of aromatic nitrogens is 2. The predicted octanol–water partition coefficient (Wildman–Crippen LogP) is 2.30. The lowest BCUT2D eigenvalue weighted by Crippen LogP contribution is -1.89. The summed E-state index contributed by atoms with van der Waals surface area (Å²) < 4.78 is 2.79. The molecule has 0 N–H and O–H groups in total. The van der Waals surface area contributed by atoms with Crippen LogP contribution in [0, 0.1) is 0 Å². The predicted molar refractivity (Wildman–Crippen MR) is 52.9 cm³/mol. The number of fused-ring (bicyclic) bond motifs is 1. The third-order valence-corrected chi connectivity index (χ3v) is 2.24. The van der Waals surface area contributed by atoms with Gasteiger partial charge in [0.25, 0.3) is 0 Å². The topological polar surface area (TPSA) is 34.4 Å². The van der Waals surface area contributed by atoms with Crippen LogP contribution in [-0.2, 0) is 0 Å². The Kier molecular flexibility index (Phi) is 1.92. The fourth-order valence-corrected chi connectivity index (χ4v) is 1.49. The van der Waals surface area contributed by atoms with E-state index in [-0.39, 0.29) is 5.78 Å². The zero-order valence-corrected chi connectivity index (χ0v) is 8.58. The Morgan fingerprint density at radius 3 is 2.92 bits per heavy atom. The SMILES string of the molecule is CC(=O)c1cn2cc(Br)ccc2n1. The van der Waals surface area contributed by atoms with Gasteiger partial charge < -0.3 is 4.40 Å². The highest BCUT2D eigenvalue weighted by atomic mass is 79.9. The van der Waals surface area contributed by atoms with Crippen LogP contribution in [0.25, 0.3) is 5.65 Å². The quantitative estimate of drug-likeness (QED) is 0.715. The molecule has 0 bridgehead atoms. The molecule has 4 heteroatoms. The number of hydrogen-bond acceptors (Lipinski definition) is 2. The van der Waals surface area contributed by atoms with Crippen LogP contribution in [0.15, 0.2) is 29.0 Å². The highest BCUT2D eigenvalue weighted by Crippen LogP contribution is 2.12. The van der Waals surface area contributed by atoms with Gasteiger partial charge in [-0.05, 0) is 28.1 Å². The molecule has 2 aromatic heterocycles. The number of imidazole rings is 1. The fraction of sp³-hybridized carbons (Fsp3) is 0.111. The first kappa shape index (κ1) is 8.44. The Labute approximate surface area is 83.5 Å². The van der Waals surface area contributed by atoms with Crippen LogP contribution in [0.1, 0.15) is 17.4 Å². The molecule has 0 aromatic carbocycles. The molecule has 0 aliphatic heterocycles. The summed E-state index contributed by atoms with van der Waals surface area (Å²) in [6.07, 6.45) is 3.59. The Morgan fingerprint density at radius 1 is 1.46 bits per heavy atom. The molecule has 2 aromatic rings. The average Bonchev–Trinajstić information content (AvgIpc) is 2.46. The largest absolute Gasteiger partial charge is 0.305 e. The van der Waals surface area contributed by atoms with E-state index >= 15 is 0 Å². The van der Waals surface area contributed by atoms with Crippen molar-refractivity contribution in [2.24, 2.45) is 0 Å². The van der Waals surface area contributed by atoms with E-state index < -0.39 is 0 Å². The smallest absolute Gasteiger partial charge is 0.179 e. The highest BCUT2D eigenvalue weighted by Gasteiger charge is 2.04. The lowest BCUT2D eigenvalue weighted by Gasteiger charge is -1.91. The average molecular weight is 239 g/mol. The van der Waals surface area contributed by atoms with Gasteiger partial charge in [-0.2, -0.15) is 0 Å². The standard InChI is InChI=1S/C9H7BrN2O/c1-6(13)8-5-12-4-7(10)2-3-9(12)11-8/h2-5H,1H3. The van der Waals surface area contributed by atoms with Crippen molar-refractivity contribution in [1.29, 1.82) is 0 Å². The number of ketones is 1. The third kappa shape index (κ3) is 1.49. The summed E-state index contributed by atoms with van der Waals surface area (Å²) in [7, 11) is 0. The maximum atomic E-state index is 11.0. The van der Waals surface area contributed by atoms with Crippen molar-refractivity contribution in [3.8, 4) is 0 Å². The molecule has 66 valence electrons. The lowest BCUT2D eigenvalue weighted by atomic mass is 10.3. The second-order valence-corrected chi connectivity index (χ2v) is 3.71. The first-order valence-electron chi connectivity index (χ1n) is 3.82. The monoisotopic (exact) mass is 238 g/mol. The molecular formula is C9H7BrN2O. The highest BCUT2D eigenvalue weighted by molar-refractivity contribution is 9.10. The van der Waals surface area contributed by atoms with Gasteiger partial charge in [-0.3, -0.25) is 4.79 Å². The van der Waals surface area contributed by atoms with Crippen molar-refractivity contribution in [3.63, 3.8) is 0 Å². The second kappa shape index (κ2) is 2.96. The van der Waals surface area contributed by atoms with Crippen molar-refractivity contribution < 1.29 is 4.79 Å².